The summed E-state index contributed by atoms with van der Waals surface area (Å²) >= 11 is 0. The number of amides is 1. The molecule has 3 nitrogen and oxygen atoms in total. The molecule has 1 saturated carbocycles. The van der Waals surface area contributed by atoms with Crippen LogP contribution >= 0.6 is 0 Å². The number of hydrogen-bond donors (Lipinski definition) is 0. The maximum atomic E-state index is 12.7. The molecule has 21 heavy (non-hydrogen) atoms. The molecule has 4 atom stereocenters. The number of carbonyl (C=O) groups excluding carboxylic acids is 1. The highest BCUT2D eigenvalue weighted by atomic mass is 16.5. The second-order valence-electron chi connectivity index (χ2n) is 6.91. The summed E-state index contributed by atoms with van der Waals surface area (Å²) in [5.74, 6) is 3.13. The third kappa shape index (κ3) is 3.07. The van der Waals surface area contributed by atoms with Gasteiger partial charge >= 0.3 is 0 Å². The highest BCUT2D eigenvalue weighted by Crippen LogP contribution is 2.49. The summed E-state index contributed by atoms with van der Waals surface area (Å²) in [4.78, 5) is 14.8. The predicted octanol–water partition coefficient (Wildman–Crippen LogP) is 3.30. The summed E-state index contributed by atoms with van der Waals surface area (Å²) in [6.07, 6.45) is 2.25. The van der Waals surface area contributed by atoms with Crippen LogP contribution in [-0.2, 0) is 4.79 Å². The third-order valence-corrected chi connectivity index (χ3v) is 4.83. The van der Waals surface area contributed by atoms with Gasteiger partial charge in [0.05, 0.1) is 7.11 Å². The lowest BCUT2D eigenvalue weighted by molar-refractivity contribution is -0.135. The molecule has 114 valence electrons. The van der Waals surface area contributed by atoms with E-state index < -0.39 is 0 Å². The smallest absolute Gasteiger partial charge is 0.226 e. The molecule has 1 aliphatic heterocycles. The van der Waals surface area contributed by atoms with Crippen LogP contribution in [0, 0.1) is 17.8 Å². The lowest BCUT2D eigenvalue weighted by atomic mass is 9.91. The first kappa shape index (κ1) is 14.4. The maximum Gasteiger partial charge on any atom is 0.226 e. The second kappa shape index (κ2) is 5.70. The molecule has 1 amide bonds. The molecular weight excluding hydrogens is 262 g/mol. The standard InChI is InChI=1S/C18H25NO2/c1-12-8-13(2)11-19(10-12)18(20)17-9-16(17)14-4-6-15(21-3)7-5-14/h4-7,12-13,16-17H,8-11H2,1-3H3. The molecule has 1 heterocycles. The van der Waals surface area contributed by atoms with Gasteiger partial charge < -0.3 is 9.64 Å². The Balaban J connectivity index is 1.62. The van der Waals surface area contributed by atoms with Crippen molar-refractivity contribution in [3.05, 3.63) is 29.8 Å². The number of nitrogens with zero attached hydrogens (tertiary/aromatic N) is 1. The Hall–Kier alpha value is -1.51. The van der Waals surface area contributed by atoms with Crippen molar-refractivity contribution < 1.29 is 9.53 Å². The fourth-order valence-electron chi connectivity index (χ4n) is 3.76. The number of hydrogen-bond acceptors (Lipinski definition) is 2. The third-order valence-electron chi connectivity index (χ3n) is 4.83. The monoisotopic (exact) mass is 287 g/mol. The molecule has 0 aromatic heterocycles. The molecule has 0 bridgehead atoms. The van der Waals surface area contributed by atoms with Crippen LogP contribution in [0.1, 0.15) is 38.2 Å². The van der Waals surface area contributed by atoms with E-state index in [1.807, 2.05) is 12.1 Å². The van der Waals surface area contributed by atoms with Crippen molar-refractivity contribution in [3.63, 3.8) is 0 Å². The van der Waals surface area contributed by atoms with E-state index in [9.17, 15) is 4.79 Å². The summed E-state index contributed by atoms with van der Waals surface area (Å²) in [5, 5.41) is 0. The molecule has 0 N–H and O–H groups in total. The van der Waals surface area contributed by atoms with Gasteiger partial charge in [-0.3, -0.25) is 4.79 Å². The van der Waals surface area contributed by atoms with Crippen molar-refractivity contribution in [3.8, 4) is 5.75 Å². The Morgan fingerprint density at radius 1 is 1.10 bits per heavy atom. The number of ether oxygens (including phenoxy) is 1. The van der Waals surface area contributed by atoms with Crippen molar-refractivity contribution >= 4 is 5.91 Å². The van der Waals surface area contributed by atoms with Crippen LogP contribution in [0.2, 0.25) is 0 Å². The molecule has 1 saturated heterocycles. The fourth-order valence-corrected chi connectivity index (χ4v) is 3.76. The van der Waals surface area contributed by atoms with Gasteiger partial charge in [-0.1, -0.05) is 26.0 Å². The Bertz CT molecular complexity index is 500. The summed E-state index contributed by atoms with van der Waals surface area (Å²) < 4.78 is 5.19. The van der Waals surface area contributed by atoms with Crippen molar-refractivity contribution in [2.75, 3.05) is 20.2 Å². The van der Waals surface area contributed by atoms with E-state index in [-0.39, 0.29) is 5.92 Å². The van der Waals surface area contributed by atoms with Crippen LogP contribution in [0.4, 0.5) is 0 Å². The summed E-state index contributed by atoms with van der Waals surface area (Å²) in [7, 11) is 1.68. The summed E-state index contributed by atoms with van der Waals surface area (Å²) in [5.41, 5.74) is 1.27. The Kier molecular flexibility index (Phi) is 3.92. The first-order valence-electron chi connectivity index (χ1n) is 8.01. The average molecular weight is 287 g/mol. The van der Waals surface area contributed by atoms with E-state index in [4.69, 9.17) is 4.74 Å². The van der Waals surface area contributed by atoms with Crippen molar-refractivity contribution in [1.29, 1.82) is 0 Å². The Morgan fingerprint density at radius 2 is 1.71 bits per heavy atom. The first-order chi connectivity index (χ1) is 10.1. The fraction of sp³-hybridized carbons (Fsp3) is 0.611. The number of benzene rings is 1. The lowest BCUT2D eigenvalue weighted by Gasteiger charge is -2.35. The lowest BCUT2D eigenvalue weighted by Crippen LogP contribution is -2.43. The highest BCUT2D eigenvalue weighted by Gasteiger charge is 2.46. The molecule has 3 rings (SSSR count). The highest BCUT2D eigenvalue weighted by molar-refractivity contribution is 5.83. The number of carbonyl (C=O) groups is 1. The van der Waals surface area contributed by atoms with Crippen LogP contribution in [-0.4, -0.2) is 31.0 Å². The van der Waals surface area contributed by atoms with Crippen molar-refractivity contribution in [1.82, 2.24) is 4.90 Å². The van der Waals surface area contributed by atoms with Crippen LogP contribution in [0.5, 0.6) is 5.75 Å². The number of likely N-dealkylation sites (tertiary alicyclic amines) is 1. The van der Waals surface area contributed by atoms with E-state index in [2.05, 4.69) is 30.9 Å². The van der Waals surface area contributed by atoms with Gasteiger partial charge in [0.15, 0.2) is 0 Å². The molecule has 2 aliphatic rings. The van der Waals surface area contributed by atoms with Gasteiger partial charge in [0, 0.05) is 19.0 Å². The van der Waals surface area contributed by atoms with E-state index >= 15 is 0 Å². The van der Waals surface area contributed by atoms with Gasteiger partial charge in [0.25, 0.3) is 0 Å². The molecule has 1 aromatic carbocycles. The SMILES string of the molecule is COc1ccc(C2CC2C(=O)N2CC(C)CC(C)C2)cc1. The Morgan fingerprint density at radius 3 is 2.29 bits per heavy atom. The summed E-state index contributed by atoms with van der Waals surface area (Å²) in [6.45, 7) is 6.39. The number of piperidine rings is 1. The molecule has 1 aromatic rings. The molecule has 3 heteroatoms. The molecule has 0 spiro atoms. The van der Waals surface area contributed by atoms with E-state index in [1.165, 1.54) is 12.0 Å². The topological polar surface area (TPSA) is 29.5 Å². The van der Waals surface area contributed by atoms with Gasteiger partial charge in [-0.2, -0.15) is 0 Å². The molecule has 2 fully saturated rings. The quantitative estimate of drug-likeness (QED) is 0.853. The minimum absolute atomic E-state index is 0.205. The average Bonchev–Trinajstić information content (AvgIpc) is 3.26. The molecular formula is C18H25NO2. The van der Waals surface area contributed by atoms with E-state index in [0.29, 0.717) is 23.7 Å². The minimum Gasteiger partial charge on any atom is -0.497 e. The molecule has 4 unspecified atom stereocenters. The van der Waals surface area contributed by atoms with Crippen LogP contribution in [0.3, 0.4) is 0 Å². The predicted molar refractivity (Wildman–Crippen MR) is 83.4 cm³/mol. The molecule has 1 aliphatic carbocycles. The summed E-state index contributed by atoms with van der Waals surface area (Å²) in [6, 6.07) is 8.16. The number of methoxy groups -OCH3 is 1. The molecule has 0 radical (unpaired) electrons. The van der Waals surface area contributed by atoms with Crippen LogP contribution < -0.4 is 4.74 Å². The number of rotatable bonds is 3. The zero-order chi connectivity index (χ0) is 15.0. The van der Waals surface area contributed by atoms with Gasteiger partial charge in [-0.05, 0) is 48.3 Å². The van der Waals surface area contributed by atoms with Crippen LogP contribution in [0.25, 0.3) is 0 Å². The largest absolute Gasteiger partial charge is 0.497 e. The second-order valence-corrected chi connectivity index (χ2v) is 6.91. The van der Waals surface area contributed by atoms with Gasteiger partial charge in [0.2, 0.25) is 5.91 Å². The Labute approximate surface area is 127 Å². The van der Waals surface area contributed by atoms with Gasteiger partial charge in [0.1, 0.15) is 5.75 Å². The maximum absolute atomic E-state index is 12.7. The van der Waals surface area contributed by atoms with Gasteiger partial charge in [-0.25, -0.2) is 0 Å². The van der Waals surface area contributed by atoms with E-state index in [1.54, 1.807) is 7.11 Å². The zero-order valence-corrected chi connectivity index (χ0v) is 13.2. The van der Waals surface area contributed by atoms with Gasteiger partial charge in [-0.15, -0.1) is 0 Å². The first-order valence-corrected chi connectivity index (χ1v) is 8.01. The zero-order valence-electron chi connectivity index (χ0n) is 13.2. The van der Waals surface area contributed by atoms with Crippen LogP contribution in [0.15, 0.2) is 24.3 Å². The van der Waals surface area contributed by atoms with E-state index in [0.717, 1.165) is 25.3 Å². The normalized spacial score (nSPS) is 31.9. The minimum atomic E-state index is 0.205. The van der Waals surface area contributed by atoms with Crippen molar-refractivity contribution in [2.45, 2.75) is 32.6 Å². The van der Waals surface area contributed by atoms with Crippen molar-refractivity contribution in [2.24, 2.45) is 17.8 Å².